The van der Waals surface area contributed by atoms with Crippen molar-refractivity contribution in [3.05, 3.63) is 42.5 Å². The number of carbonyl (C=O) groups excluding carboxylic acids is 2. The molecule has 0 aromatic heterocycles. The van der Waals surface area contributed by atoms with Gasteiger partial charge in [-0.1, -0.05) is 18.7 Å². The van der Waals surface area contributed by atoms with Crippen LogP contribution in [-0.2, 0) is 16.0 Å². The second-order valence-corrected chi connectivity index (χ2v) is 5.38. The fraction of sp³-hybridized carbons (Fsp3) is 0.375. The largest absolute Gasteiger partial charge is 0.394 e. The van der Waals surface area contributed by atoms with Crippen LogP contribution in [0.3, 0.4) is 0 Å². The number of aliphatic hydroxyl groups is 1. The molecular weight excluding hydrogens is 268 g/mol. The predicted octanol–water partition coefficient (Wildman–Crippen LogP) is 1.38. The molecule has 2 rings (SSSR count). The fourth-order valence-electron chi connectivity index (χ4n) is 2.04. The Bertz CT molecular complexity index is 533. The van der Waals surface area contributed by atoms with E-state index in [1.807, 2.05) is 12.1 Å². The smallest absolute Gasteiger partial charge is 0.247 e. The molecule has 0 saturated heterocycles. The zero-order valence-corrected chi connectivity index (χ0v) is 11.9. The maximum atomic E-state index is 11.8. The molecule has 0 heterocycles. The summed E-state index contributed by atoms with van der Waals surface area (Å²) in [7, 11) is 0. The molecule has 5 nitrogen and oxygen atoms in total. The summed E-state index contributed by atoms with van der Waals surface area (Å²) >= 11 is 0. The number of hydrogen-bond donors (Lipinski definition) is 3. The maximum Gasteiger partial charge on any atom is 0.247 e. The lowest BCUT2D eigenvalue weighted by Gasteiger charge is -2.14. The molecule has 112 valence electrons. The monoisotopic (exact) mass is 288 g/mol. The maximum absolute atomic E-state index is 11.8. The number of amides is 2. The minimum absolute atomic E-state index is 0.0104. The molecule has 21 heavy (non-hydrogen) atoms. The number of aryl methyl sites for hydroxylation is 1. The number of rotatable bonds is 7. The van der Waals surface area contributed by atoms with Gasteiger partial charge in [-0.25, -0.2) is 0 Å². The lowest BCUT2D eigenvalue weighted by atomic mass is 10.1. The Morgan fingerprint density at radius 1 is 1.29 bits per heavy atom. The summed E-state index contributed by atoms with van der Waals surface area (Å²) in [5.41, 5.74) is 1.37. The van der Waals surface area contributed by atoms with E-state index in [1.54, 1.807) is 12.1 Å². The summed E-state index contributed by atoms with van der Waals surface area (Å²) in [4.78, 5) is 22.9. The second kappa shape index (κ2) is 6.54. The quantitative estimate of drug-likeness (QED) is 0.663. The van der Waals surface area contributed by atoms with Crippen molar-refractivity contribution in [3.8, 4) is 0 Å². The summed E-state index contributed by atoms with van der Waals surface area (Å²) in [5, 5.41) is 14.7. The van der Waals surface area contributed by atoms with E-state index >= 15 is 0 Å². The van der Waals surface area contributed by atoms with Gasteiger partial charge >= 0.3 is 0 Å². The summed E-state index contributed by atoms with van der Waals surface area (Å²) in [5.74, 6) is -0.286. The van der Waals surface area contributed by atoms with Gasteiger partial charge in [0, 0.05) is 12.1 Å². The molecule has 5 heteroatoms. The van der Waals surface area contributed by atoms with Crippen LogP contribution in [0.15, 0.2) is 36.9 Å². The third-order valence-electron chi connectivity index (χ3n) is 3.61. The minimum atomic E-state index is -0.351. The first kappa shape index (κ1) is 15.3. The Kier molecular flexibility index (Phi) is 4.75. The van der Waals surface area contributed by atoms with Gasteiger partial charge in [0.15, 0.2) is 0 Å². The summed E-state index contributed by atoms with van der Waals surface area (Å²) in [6.45, 7) is 3.40. The number of aliphatic hydroxyl groups excluding tert-OH is 1. The summed E-state index contributed by atoms with van der Waals surface area (Å²) in [6, 6.07) is 7.35. The molecule has 3 N–H and O–H groups in total. The number of nitrogens with one attached hydrogen (secondary N) is 2. The number of carbonyl (C=O) groups is 2. The van der Waals surface area contributed by atoms with E-state index in [0.29, 0.717) is 18.5 Å². The first-order valence-corrected chi connectivity index (χ1v) is 7.01. The van der Waals surface area contributed by atoms with Gasteiger partial charge in [0.25, 0.3) is 0 Å². The van der Waals surface area contributed by atoms with Crippen LogP contribution in [-0.4, -0.2) is 29.1 Å². The van der Waals surface area contributed by atoms with Gasteiger partial charge in [0.2, 0.25) is 11.8 Å². The molecule has 1 saturated carbocycles. The molecule has 0 bridgehead atoms. The van der Waals surface area contributed by atoms with Crippen molar-refractivity contribution in [2.75, 3.05) is 11.9 Å². The van der Waals surface area contributed by atoms with E-state index in [4.69, 9.17) is 5.11 Å². The van der Waals surface area contributed by atoms with Crippen molar-refractivity contribution in [2.45, 2.75) is 31.2 Å². The second-order valence-electron chi connectivity index (χ2n) is 5.38. The summed E-state index contributed by atoms with van der Waals surface area (Å²) in [6.07, 6.45) is 3.94. The highest BCUT2D eigenvalue weighted by Crippen LogP contribution is 2.34. The minimum Gasteiger partial charge on any atom is -0.394 e. The van der Waals surface area contributed by atoms with Gasteiger partial charge in [0.1, 0.15) is 0 Å². The van der Waals surface area contributed by atoms with Crippen molar-refractivity contribution < 1.29 is 14.7 Å². The van der Waals surface area contributed by atoms with E-state index in [9.17, 15) is 9.59 Å². The fourth-order valence-corrected chi connectivity index (χ4v) is 2.04. The molecule has 0 unspecified atom stereocenters. The number of benzene rings is 1. The van der Waals surface area contributed by atoms with Gasteiger partial charge in [-0.3, -0.25) is 9.59 Å². The van der Waals surface area contributed by atoms with Crippen molar-refractivity contribution in [3.63, 3.8) is 0 Å². The molecule has 1 aliphatic rings. The Morgan fingerprint density at radius 2 is 1.95 bits per heavy atom. The molecule has 0 aliphatic heterocycles. The van der Waals surface area contributed by atoms with E-state index in [-0.39, 0.29) is 24.0 Å². The van der Waals surface area contributed by atoms with E-state index in [1.165, 1.54) is 6.08 Å². The Balaban J connectivity index is 1.79. The van der Waals surface area contributed by atoms with Gasteiger partial charge < -0.3 is 15.7 Å². The molecule has 1 aromatic carbocycles. The topological polar surface area (TPSA) is 78.4 Å². The number of hydrogen-bond acceptors (Lipinski definition) is 3. The average Bonchev–Trinajstić information content (AvgIpc) is 3.26. The van der Waals surface area contributed by atoms with Crippen LogP contribution in [0.4, 0.5) is 5.69 Å². The first-order valence-electron chi connectivity index (χ1n) is 7.01. The van der Waals surface area contributed by atoms with Crippen molar-refractivity contribution in [2.24, 2.45) is 0 Å². The zero-order chi connectivity index (χ0) is 15.3. The lowest BCUT2D eigenvalue weighted by molar-refractivity contribution is -0.122. The standard InChI is InChI=1S/C16H20N2O3/c1-2-14(20)17-13-6-3-12(4-7-13)5-8-15(21)18-16(11-19)9-10-16/h2-4,6-7,19H,1,5,8-11H2,(H,17,20)(H,18,21). The van der Waals surface area contributed by atoms with E-state index < -0.39 is 0 Å². The van der Waals surface area contributed by atoms with Gasteiger partial charge in [-0.15, -0.1) is 0 Å². The number of anilines is 1. The third kappa shape index (κ3) is 4.43. The Labute approximate surface area is 124 Å². The third-order valence-corrected chi connectivity index (χ3v) is 3.61. The Hall–Kier alpha value is -2.14. The highest BCUT2D eigenvalue weighted by Gasteiger charge is 2.43. The van der Waals surface area contributed by atoms with Crippen LogP contribution in [0.25, 0.3) is 0 Å². The first-order chi connectivity index (χ1) is 10.1. The molecule has 0 spiro atoms. The Morgan fingerprint density at radius 3 is 2.48 bits per heavy atom. The molecule has 1 aromatic rings. The van der Waals surface area contributed by atoms with Crippen molar-refractivity contribution >= 4 is 17.5 Å². The molecule has 2 amide bonds. The molecule has 0 radical (unpaired) electrons. The van der Waals surface area contributed by atoms with Crippen molar-refractivity contribution in [1.29, 1.82) is 0 Å². The van der Waals surface area contributed by atoms with E-state index in [0.717, 1.165) is 18.4 Å². The normalized spacial score (nSPS) is 15.1. The average molecular weight is 288 g/mol. The van der Waals surface area contributed by atoms with Crippen LogP contribution in [0.1, 0.15) is 24.8 Å². The summed E-state index contributed by atoms with van der Waals surface area (Å²) < 4.78 is 0. The van der Waals surface area contributed by atoms with Crippen LogP contribution in [0.5, 0.6) is 0 Å². The molecule has 1 fully saturated rings. The highest BCUT2D eigenvalue weighted by molar-refractivity contribution is 5.98. The zero-order valence-electron chi connectivity index (χ0n) is 11.9. The highest BCUT2D eigenvalue weighted by atomic mass is 16.3. The van der Waals surface area contributed by atoms with Crippen molar-refractivity contribution in [1.82, 2.24) is 5.32 Å². The van der Waals surface area contributed by atoms with Crippen LogP contribution in [0.2, 0.25) is 0 Å². The van der Waals surface area contributed by atoms with Gasteiger partial charge in [-0.05, 0) is 43.0 Å². The van der Waals surface area contributed by atoms with Crippen LogP contribution in [0, 0.1) is 0 Å². The predicted molar refractivity (Wildman–Crippen MR) is 80.8 cm³/mol. The van der Waals surface area contributed by atoms with Crippen LogP contribution >= 0.6 is 0 Å². The molecular formula is C16H20N2O3. The van der Waals surface area contributed by atoms with Gasteiger partial charge in [-0.2, -0.15) is 0 Å². The molecule has 0 atom stereocenters. The van der Waals surface area contributed by atoms with Gasteiger partial charge in [0.05, 0.1) is 12.1 Å². The SMILES string of the molecule is C=CC(=O)Nc1ccc(CCC(=O)NC2(CO)CC2)cc1. The lowest BCUT2D eigenvalue weighted by Crippen LogP contribution is -2.39. The van der Waals surface area contributed by atoms with Crippen LogP contribution < -0.4 is 10.6 Å². The molecule has 1 aliphatic carbocycles. The van der Waals surface area contributed by atoms with E-state index in [2.05, 4.69) is 17.2 Å².